The number of nitrogens with zero attached hydrogens (tertiary/aromatic N) is 2. The molecule has 0 fully saturated rings. The van der Waals surface area contributed by atoms with Gasteiger partial charge in [0.2, 0.25) is 0 Å². The van der Waals surface area contributed by atoms with Gasteiger partial charge in [-0.05, 0) is 43.0 Å². The second-order valence-electron chi connectivity index (χ2n) is 7.50. The van der Waals surface area contributed by atoms with Crippen LogP contribution >= 0.6 is 23.4 Å². The number of carbonyl (C=O) groups excluding carboxylic acids is 1. The summed E-state index contributed by atoms with van der Waals surface area (Å²) >= 11 is 7.57. The fourth-order valence-electron chi connectivity index (χ4n) is 3.95. The maximum absolute atomic E-state index is 12.8. The second-order valence-corrected chi connectivity index (χ2v) is 8.93. The average Bonchev–Trinajstić information content (AvgIpc) is 2.73. The Balaban J connectivity index is 1.71. The van der Waals surface area contributed by atoms with Gasteiger partial charge >= 0.3 is 0 Å². The first-order valence-electron chi connectivity index (χ1n) is 9.75. The van der Waals surface area contributed by atoms with Crippen LogP contribution in [0.5, 0.6) is 0 Å². The fourth-order valence-corrected chi connectivity index (χ4v) is 5.13. The number of halogens is 1. The van der Waals surface area contributed by atoms with Crippen LogP contribution in [0.3, 0.4) is 0 Å². The van der Waals surface area contributed by atoms with Crippen LogP contribution in [0.2, 0.25) is 5.02 Å². The number of hydrogen-bond donors (Lipinski definition) is 0. The molecule has 0 saturated carbocycles. The molecule has 0 bridgehead atoms. The number of thioether (sulfide) groups is 1. The van der Waals surface area contributed by atoms with Crippen LogP contribution in [0, 0.1) is 24.2 Å². The normalized spacial score (nSPS) is 21.4. The molecular weight excluding hydrogens is 400 g/mol. The van der Waals surface area contributed by atoms with Crippen LogP contribution in [-0.4, -0.2) is 10.8 Å². The van der Waals surface area contributed by atoms with E-state index in [9.17, 15) is 10.1 Å². The molecular formula is C24H21ClN2OS. The van der Waals surface area contributed by atoms with Gasteiger partial charge in [-0.1, -0.05) is 53.6 Å². The zero-order chi connectivity index (χ0) is 20.4. The van der Waals surface area contributed by atoms with E-state index in [4.69, 9.17) is 16.6 Å². The number of Topliss-reactive ketones (excluding diaryl/α,β-unsaturated/α-hetero) is 1. The van der Waals surface area contributed by atoms with E-state index in [0.717, 1.165) is 45.8 Å². The molecule has 0 aromatic heterocycles. The fraction of sp³-hybridized carbons (Fsp3) is 0.292. The number of nitriles is 1. The monoisotopic (exact) mass is 420 g/mol. The predicted molar refractivity (Wildman–Crippen MR) is 119 cm³/mol. The van der Waals surface area contributed by atoms with E-state index in [1.807, 2.05) is 55.5 Å². The summed E-state index contributed by atoms with van der Waals surface area (Å²) < 4.78 is 0. The number of aryl methyl sites for hydroxylation is 1. The third-order valence-electron chi connectivity index (χ3n) is 5.46. The van der Waals surface area contributed by atoms with Gasteiger partial charge in [0.25, 0.3) is 0 Å². The summed E-state index contributed by atoms with van der Waals surface area (Å²) in [5, 5.41) is 11.6. The first kappa shape index (κ1) is 19.9. The van der Waals surface area contributed by atoms with E-state index in [1.54, 1.807) is 11.8 Å². The lowest BCUT2D eigenvalue weighted by atomic mass is 9.74. The van der Waals surface area contributed by atoms with Gasteiger partial charge < -0.3 is 0 Å². The van der Waals surface area contributed by atoms with Crippen LogP contribution in [0.15, 0.2) is 64.8 Å². The third-order valence-corrected chi connectivity index (χ3v) is 6.83. The number of benzene rings is 2. The molecule has 2 atom stereocenters. The number of rotatable bonds is 3. The van der Waals surface area contributed by atoms with Crippen molar-refractivity contribution in [3.05, 3.63) is 81.5 Å². The maximum atomic E-state index is 12.8. The molecule has 0 saturated heterocycles. The minimum absolute atomic E-state index is 0.141. The van der Waals surface area contributed by atoms with Crippen LogP contribution in [-0.2, 0) is 10.5 Å². The zero-order valence-corrected chi connectivity index (χ0v) is 17.8. The lowest BCUT2D eigenvalue weighted by molar-refractivity contribution is -0.116. The van der Waals surface area contributed by atoms with Crippen LogP contribution in [0.1, 0.15) is 41.9 Å². The van der Waals surface area contributed by atoms with Gasteiger partial charge in [-0.15, -0.1) is 11.8 Å². The van der Waals surface area contributed by atoms with E-state index in [2.05, 4.69) is 6.07 Å². The van der Waals surface area contributed by atoms with Gasteiger partial charge in [-0.3, -0.25) is 4.79 Å². The highest BCUT2D eigenvalue weighted by molar-refractivity contribution is 8.13. The van der Waals surface area contributed by atoms with Gasteiger partial charge in [-0.25, -0.2) is 4.99 Å². The molecule has 4 rings (SSSR count). The molecule has 2 aromatic rings. The Hall–Kier alpha value is -2.35. The number of hydrogen-bond acceptors (Lipinski definition) is 4. The van der Waals surface area contributed by atoms with Crippen molar-refractivity contribution in [1.29, 1.82) is 5.26 Å². The molecule has 0 amide bonds. The van der Waals surface area contributed by atoms with Crippen molar-refractivity contribution < 1.29 is 4.79 Å². The highest BCUT2D eigenvalue weighted by Crippen LogP contribution is 2.45. The van der Waals surface area contributed by atoms with Gasteiger partial charge in [0.15, 0.2) is 5.78 Å². The molecule has 2 aliphatic rings. The number of carbonyl (C=O) groups is 1. The smallest absolute Gasteiger partial charge is 0.161 e. The number of allylic oxidation sites excluding steroid dienone is 2. The molecule has 2 aromatic carbocycles. The van der Waals surface area contributed by atoms with Crippen molar-refractivity contribution in [2.45, 2.75) is 37.9 Å². The summed E-state index contributed by atoms with van der Waals surface area (Å²) in [6, 6.07) is 18.4. The summed E-state index contributed by atoms with van der Waals surface area (Å²) in [5.74, 6) is 0.165. The lowest BCUT2D eigenvalue weighted by Gasteiger charge is -2.33. The van der Waals surface area contributed by atoms with Crippen molar-refractivity contribution >= 4 is 34.2 Å². The van der Waals surface area contributed by atoms with Crippen molar-refractivity contribution in [3.8, 4) is 6.07 Å². The quantitative estimate of drug-likeness (QED) is 0.591. The van der Waals surface area contributed by atoms with Crippen molar-refractivity contribution in [3.63, 3.8) is 0 Å². The Labute approximate surface area is 180 Å². The number of ketones is 1. The van der Waals surface area contributed by atoms with Gasteiger partial charge in [-0.2, -0.15) is 5.26 Å². The molecule has 1 unspecified atom stereocenters. The first-order chi connectivity index (χ1) is 14.1. The third kappa shape index (κ3) is 4.17. The highest BCUT2D eigenvalue weighted by Gasteiger charge is 2.40. The molecule has 0 radical (unpaired) electrons. The Morgan fingerprint density at radius 2 is 1.86 bits per heavy atom. The summed E-state index contributed by atoms with van der Waals surface area (Å²) in [6.07, 6.45) is 2.17. The van der Waals surface area contributed by atoms with Crippen molar-refractivity contribution in [2.75, 3.05) is 0 Å². The Bertz CT molecular complexity index is 1030. The second kappa shape index (κ2) is 8.57. The molecule has 0 spiro atoms. The largest absolute Gasteiger partial charge is 0.294 e. The van der Waals surface area contributed by atoms with Gasteiger partial charge in [0.05, 0.1) is 11.1 Å². The molecule has 29 heavy (non-hydrogen) atoms. The molecule has 3 nitrogen and oxygen atoms in total. The summed E-state index contributed by atoms with van der Waals surface area (Å²) in [7, 11) is 0. The van der Waals surface area contributed by atoms with Crippen LogP contribution in [0.25, 0.3) is 0 Å². The molecule has 1 aliphatic carbocycles. The Kier molecular flexibility index (Phi) is 5.89. The highest BCUT2D eigenvalue weighted by atomic mass is 35.5. The standard InChI is InChI=1S/C24H21ClN2OS/c1-15-5-9-17(10-6-15)22-19(13-26)24(27-20-3-2-4-21(28)23(20)22)29-14-16-7-11-18(25)12-8-16/h5-12,19,22H,2-4,14H2,1H3/t19?,22-/m0/s1. The zero-order valence-electron chi connectivity index (χ0n) is 16.2. The van der Waals surface area contributed by atoms with E-state index in [0.29, 0.717) is 17.2 Å². The lowest BCUT2D eigenvalue weighted by Crippen LogP contribution is -2.30. The Morgan fingerprint density at radius 3 is 2.55 bits per heavy atom. The van der Waals surface area contributed by atoms with E-state index in [1.165, 1.54) is 0 Å². The summed E-state index contributed by atoms with van der Waals surface area (Å²) in [6.45, 7) is 2.04. The molecule has 5 heteroatoms. The molecule has 1 aliphatic heterocycles. The van der Waals surface area contributed by atoms with Crippen LogP contribution in [0.4, 0.5) is 0 Å². The van der Waals surface area contributed by atoms with E-state index >= 15 is 0 Å². The average molecular weight is 421 g/mol. The number of aliphatic imine (C=N–C) groups is 1. The first-order valence-corrected chi connectivity index (χ1v) is 11.1. The SMILES string of the molecule is Cc1ccc([C@@H]2C3=C(CCCC3=O)N=C(SCc3ccc(Cl)cc3)C2C#N)cc1. The molecule has 1 heterocycles. The predicted octanol–water partition coefficient (Wildman–Crippen LogP) is 6.22. The summed E-state index contributed by atoms with van der Waals surface area (Å²) in [4.78, 5) is 17.6. The topological polar surface area (TPSA) is 53.2 Å². The minimum atomic E-state index is -0.448. The van der Waals surface area contributed by atoms with E-state index in [-0.39, 0.29) is 11.7 Å². The summed E-state index contributed by atoms with van der Waals surface area (Å²) in [5.41, 5.74) is 4.93. The molecule has 146 valence electrons. The van der Waals surface area contributed by atoms with Crippen LogP contribution < -0.4 is 0 Å². The maximum Gasteiger partial charge on any atom is 0.161 e. The Morgan fingerprint density at radius 1 is 1.14 bits per heavy atom. The minimum Gasteiger partial charge on any atom is -0.294 e. The van der Waals surface area contributed by atoms with Gasteiger partial charge in [0, 0.05) is 34.4 Å². The van der Waals surface area contributed by atoms with Crippen molar-refractivity contribution in [2.24, 2.45) is 10.9 Å². The van der Waals surface area contributed by atoms with E-state index < -0.39 is 5.92 Å². The van der Waals surface area contributed by atoms with Gasteiger partial charge in [0.1, 0.15) is 5.92 Å². The molecule has 0 N–H and O–H groups in total. The van der Waals surface area contributed by atoms with Crippen molar-refractivity contribution in [1.82, 2.24) is 0 Å².